The summed E-state index contributed by atoms with van der Waals surface area (Å²) in [6.07, 6.45) is 10.4. The molecule has 1 aromatic heterocycles. The van der Waals surface area contributed by atoms with Crippen molar-refractivity contribution in [1.82, 2.24) is 4.98 Å². The van der Waals surface area contributed by atoms with Crippen molar-refractivity contribution in [3.05, 3.63) is 118 Å². The lowest BCUT2D eigenvalue weighted by molar-refractivity contribution is -0.189. The number of nitrogens with zero attached hydrogens (tertiary/aromatic N) is 1. The van der Waals surface area contributed by atoms with Crippen molar-refractivity contribution in [2.24, 2.45) is 5.92 Å². The monoisotopic (exact) mass is 659 g/mol. The second-order valence-electron chi connectivity index (χ2n) is 11.9. The zero-order chi connectivity index (χ0) is 33.7. The number of aromatic nitrogens is 1. The average molecular weight is 660 g/mol. The summed E-state index contributed by atoms with van der Waals surface area (Å²) in [6, 6.07) is 9.01. The van der Waals surface area contributed by atoms with Crippen LogP contribution in [0.5, 0.6) is 5.75 Å². The molecule has 0 aliphatic heterocycles. The van der Waals surface area contributed by atoms with Gasteiger partial charge in [-0.3, -0.25) is 4.98 Å². The molecule has 0 unspecified atom stereocenters. The van der Waals surface area contributed by atoms with Gasteiger partial charge in [-0.25, -0.2) is 26.3 Å². The zero-order valence-electron chi connectivity index (χ0n) is 25.6. The van der Waals surface area contributed by atoms with Gasteiger partial charge < -0.3 is 4.74 Å². The van der Waals surface area contributed by atoms with Crippen LogP contribution in [-0.2, 0) is 6.11 Å². The third-order valence-corrected chi connectivity index (χ3v) is 8.63. The predicted octanol–water partition coefficient (Wildman–Crippen LogP) is 11.7. The molecule has 0 amide bonds. The van der Waals surface area contributed by atoms with Gasteiger partial charge in [-0.1, -0.05) is 56.9 Å². The molecular formula is C37H33F8NO. The molecule has 1 aliphatic carbocycles. The van der Waals surface area contributed by atoms with E-state index < -0.39 is 52.3 Å². The molecule has 1 fully saturated rings. The van der Waals surface area contributed by atoms with Gasteiger partial charge >= 0.3 is 6.11 Å². The molecule has 0 spiro atoms. The lowest BCUT2D eigenvalue weighted by Gasteiger charge is -2.28. The predicted molar refractivity (Wildman–Crippen MR) is 165 cm³/mol. The molecule has 0 radical (unpaired) electrons. The van der Waals surface area contributed by atoms with Crippen LogP contribution in [0.25, 0.3) is 23.3 Å². The third kappa shape index (κ3) is 8.21. The Balaban J connectivity index is 1.24. The number of ether oxygens (including phenoxy) is 1. The highest BCUT2D eigenvalue weighted by Crippen LogP contribution is 2.39. The van der Waals surface area contributed by atoms with Crippen LogP contribution < -0.4 is 4.74 Å². The SMILES string of the molecule is CCCCCC1CCC(c2ccc(C=Cc3ccc(-c4cc(F)c(C(F)(F)Oc5cc(F)c(F)c(F)c5)c(F)c4)c(F)c3)nc2)CC1. The van der Waals surface area contributed by atoms with E-state index in [2.05, 4.69) is 22.7 Å². The second-order valence-corrected chi connectivity index (χ2v) is 11.9. The minimum atomic E-state index is -4.75. The molecule has 47 heavy (non-hydrogen) atoms. The standard InChI is InChI=1S/C37H33F8NO/c1-2-3-4-5-22-6-10-24(11-7-22)25-12-14-27(46-21-25)13-8-23-9-15-29(30(38)16-23)26-17-31(39)35(32(40)18-26)37(44,45)47-28-19-33(41)36(43)34(42)20-28/h8-9,12-22,24H,2-7,10-11H2,1H3. The molecule has 1 aliphatic rings. The number of pyridine rings is 1. The van der Waals surface area contributed by atoms with Gasteiger partial charge in [0, 0.05) is 23.9 Å². The van der Waals surface area contributed by atoms with E-state index in [1.165, 1.54) is 56.2 Å². The van der Waals surface area contributed by atoms with Crippen molar-refractivity contribution >= 4 is 12.2 Å². The van der Waals surface area contributed by atoms with Gasteiger partial charge in [0.25, 0.3) is 0 Å². The Morgan fingerprint density at radius 3 is 2.04 bits per heavy atom. The van der Waals surface area contributed by atoms with Crippen molar-refractivity contribution in [3.63, 3.8) is 0 Å². The van der Waals surface area contributed by atoms with E-state index in [0.717, 1.165) is 24.8 Å². The topological polar surface area (TPSA) is 22.1 Å². The minimum absolute atomic E-state index is 0.105. The fourth-order valence-electron chi connectivity index (χ4n) is 6.07. The van der Waals surface area contributed by atoms with Crippen LogP contribution in [0, 0.1) is 40.8 Å². The molecule has 0 N–H and O–H groups in total. The Morgan fingerprint density at radius 2 is 1.45 bits per heavy atom. The van der Waals surface area contributed by atoms with Gasteiger partial charge in [0.15, 0.2) is 17.5 Å². The maximum atomic E-state index is 15.1. The van der Waals surface area contributed by atoms with Gasteiger partial charge in [0.05, 0.1) is 5.69 Å². The fourth-order valence-corrected chi connectivity index (χ4v) is 6.07. The Morgan fingerprint density at radius 1 is 0.766 bits per heavy atom. The van der Waals surface area contributed by atoms with Crippen molar-refractivity contribution < 1.29 is 39.9 Å². The van der Waals surface area contributed by atoms with Gasteiger partial charge in [-0.2, -0.15) is 8.78 Å². The lowest BCUT2D eigenvalue weighted by atomic mass is 9.77. The first-order chi connectivity index (χ1) is 22.4. The van der Waals surface area contributed by atoms with Gasteiger partial charge in [0.1, 0.15) is 28.8 Å². The summed E-state index contributed by atoms with van der Waals surface area (Å²) in [5, 5.41) is 0. The maximum absolute atomic E-state index is 15.1. The summed E-state index contributed by atoms with van der Waals surface area (Å²) >= 11 is 0. The number of unbranched alkanes of at least 4 members (excludes halogenated alkanes) is 2. The Labute approximate surface area is 268 Å². The smallest absolute Gasteiger partial charge is 0.429 e. The molecule has 0 atom stereocenters. The summed E-state index contributed by atoms with van der Waals surface area (Å²) in [4.78, 5) is 4.53. The first-order valence-corrected chi connectivity index (χ1v) is 15.6. The van der Waals surface area contributed by atoms with Crippen LogP contribution in [0.15, 0.2) is 60.8 Å². The van der Waals surface area contributed by atoms with E-state index in [4.69, 9.17) is 0 Å². The summed E-state index contributed by atoms with van der Waals surface area (Å²) in [5.74, 6) is -9.97. The van der Waals surface area contributed by atoms with Crippen LogP contribution in [0.4, 0.5) is 35.1 Å². The van der Waals surface area contributed by atoms with Crippen LogP contribution in [0.2, 0.25) is 0 Å². The van der Waals surface area contributed by atoms with Crippen LogP contribution in [0.1, 0.15) is 86.6 Å². The highest BCUT2D eigenvalue weighted by atomic mass is 19.3. The Hall–Kier alpha value is -4.21. The van der Waals surface area contributed by atoms with Crippen molar-refractivity contribution in [2.45, 2.75) is 70.3 Å². The van der Waals surface area contributed by atoms with Crippen LogP contribution in [-0.4, -0.2) is 4.98 Å². The first-order valence-electron chi connectivity index (χ1n) is 15.6. The number of benzene rings is 3. The van der Waals surface area contributed by atoms with Gasteiger partial charge in [-0.05, 0) is 84.6 Å². The quantitative estimate of drug-likeness (QED) is 0.0908. The summed E-state index contributed by atoms with van der Waals surface area (Å²) < 4.78 is 118. The third-order valence-electron chi connectivity index (χ3n) is 8.63. The average Bonchev–Trinajstić information content (AvgIpc) is 3.02. The number of halogens is 8. The molecule has 2 nitrogen and oxygen atoms in total. The van der Waals surface area contributed by atoms with E-state index >= 15 is 4.39 Å². The maximum Gasteiger partial charge on any atom is 0.432 e. The minimum Gasteiger partial charge on any atom is -0.429 e. The molecule has 4 aromatic rings. The first kappa shape index (κ1) is 34.1. The zero-order valence-corrected chi connectivity index (χ0v) is 25.6. The molecule has 10 heteroatoms. The number of hydrogen-bond acceptors (Lipinski definition) is 2. The Bertz CT molecular complexity index is 1680. The summed E-state index contributed by atoms with van der Waals surface area (Å²) in [7, 11) is 0. The molecule has 0 saturated heterocycles. The molecule has 3 aromatic carbocycles. The van der Waals surface area contributed by atoms with E-state index in [-0.39, 0.29) is 23.3 Å². The second kappa shape index (κ2) is 14.7. The molecular weight excluding hydrogens is 626 g/mol. The van der Waals surface area contributed by atoms with Crippen molar-refractivity contribution in [1.29, 1.82) is 0 Å². The van der Waals surface area contributed by atoms with E-state index in [0.29, 0.717) is 29.3 Å². The molecule has 1 heterocycles. The highest BCUT2D eigenvalue weighted by molar-refractivity contribution is 5.72. The van der Waals surface area contributed by atoms with E-state index in [1.807, 2.05) is 12.3 Å². The molecule has 0 bridgehead atoms. The highest BCUT2D eigenvalue weighted by Gasteiger charge is 2.41. The lowest BCUT2D eigenvalue weighted by Crippen LogP contribution is -2.25. The number of alkyl halides is 2. The van der Waals surface area contributed by atoms with Gasteiger partial charge in [-0.15, -0.1) is 0 Å². The molecule has 5 rings (SSSR count). The van der Waals surface area contributed by atoms with Crippen molar-refractivity contribution in [2.75, 3.05) is 0 Å². The number of rotatable bonds is 11. The fraction of sp³-hybridized carbons (Fsp3) is 0.324. The van der Waals surface area contributed by atoms with Gasteiger partial charge in [0.2, 0.25) is 0 Å². The summed E-state index contributed by atoms with van der Waals surface area (Å²) in [6.45, 7) is 2.22. The van der Waals surface area contributed by atoms with Crippen LogP contribution in [0.3, 0.4) is 0 Å². The largest absolute Gasteiger partial charge is 0.432 e. The van der Waals surface area contributed by atoms with Crippen molar-refractivity contribution in [3.8, 4) is 16.9 Å². The van der Waals surface area contributed by atoms with E-state index in [1.54, 1.807) is 12.2 Å². The van der Waals surface area contributed by atoms with E-state index in [9.17, 15) is 30.7 Å². The number of hydrogen-bond donors (Lipinski definition) is 0. The molecule has 1 saturated carbocycles. The normalized spacial score (nSPS) is 17.0. The summed E-state index contributed by atoms with van der Waals surface area (Å²) in [5.41, 5.74) is -0.215. The molecule has 248 valence electrons. The Kier molecular flexibility index (Phi) is 10.7. The van der Waals surface area contributed by atoms with Crippen LogP contribution >= 0.6 is 0 Å².